The zero-order valence-corrected chi connectivity index (χ0v) is 25.5. The molecule has 1 saturated heterocycles. The summed E-state index contributed by atoms with van der Waals surface area (Å²) in [6, 6.07) is 2.99. The lowest BCUT2D eigenvalue weighted by molar-refractivity contribution is -0.239. The number of unbranched alkanes of at least 4 members (excludes halogenated alkanes) is 2. The molecule has 0 spiro atoms. The number of carbonyl (C=O) groups is 4. The van der Waals surface area contributed by atoms with E-state index in [9.17, 15) is 23.6 Å². The molecule has 2 aromatic rings. The first-order chi connectivity index (χ1) is 19.8. The number of ether oxygens (including phenoxy) is 4. The molecule has 1 aromatic heterocycles. The predicted molar refractivity (Wildman–Crippen MR) is 150 cm³/mol. The molecular formula is C27H34ClFN4O8S. The van der Waals surface area contributed by atoms with Crippen molar-refractivity contribution < 1.29 is 42.5 Å². The van der Waals surface area contributed by atoms with Crippen LogP contribution in [0.3, 0.4) is 0 Å². The van der Waals surface area contributed by atoms with Crippen molar-refractivity contribution in [2.45, 2.75) is 91.0 Å². The van der Waals surface area contributed by atoms with Crippen LogP contribution in [-0.4, -0.2) is 69.1 Å². The molecule has 0 unspecified atom stereocenters. The molecule has 0 bridgehead atoms. The SMILES string of the molecule is CCCCCn1c(-c2ccc(F)c(Cl)c2)nn([C@@H]2O[C@H](COC(C)=O)[C@@H](OC(C)=O)[C@H](OC(C)=O)[C@H]2NC(C)=O)c1=S. The Labute approximate surface area is 252 Å². The van der Waals surface area contributed by atoms with Gasteiger partial charge in [-0.2, -0.15) is 0 Å². The van der Waals surface area contributed by atoms with E-state index in [-0.39, 0.29) is 16.4 Å². The van der Waals surface area contributed by atoms with Crippen LogP contribution in [0.2, 0.25) is 5.02 Å². The van der Waals surface area contributed by atoms with Crippen LogP contribution < -0.4 is 5.32 Å². The minimum atomic E-state index is -1.29. The molecule has 0 radical (unpaired) electrons. The van der Waals surface area contributed by atoms with Gasteiger partial charge in [0.1, 0.15) is 24.6 Å². The predicted octanol–water partition coefficient (Wildman–Crippen LogP) is 3.89. The van der Waals surface area contributed by atoms with Crippen molar-refractivity contribution in [3.8, 4) is 11.4 Å². The molecule has 1 N–H and O–H groups in total. The van der Waals surface area contributed by atoms with Gasteiger partial charge < -0.3 is 24.3 Å². The van der Waals surface area contributed by atoms with Gasteiger partial charge in [-0.25, -0.2) is 9.07 Å². The van der Waals surface area contributed by atoms with Gasteiger partial charge in [-0.3, -0.25) is 23.7 Å². The number of amides is 1. The van der Waals surface area contributed by atoms with Crippen molar-refractivity contribution in [3.05, 3.63) is 33.8 Å². The van der Waals surface area contributed by atoms with Crippen LogP contribution in [0.15, 0.2) is 18.2 Å². The topological polar surface area (TPSA) is 140 Å². The fraction of sp³-hybridized carbons (Fsp3) is 0.556. The van der Waals surface area contributed by atoms with Gasteiger partial charge in [-0.05, 0) is 36.8 Å². The third-order valence-corrected chi connectivity index (χ3v) is 7.08. The first kappa shape index (κ1) is 33.1. The molecule has 0 aliphatic carbocycles. The summed E-state index contributed by atoms with van der Waals surface area (Å²) < 4.78 is 39.8. The van der Waals surface area contributed by atoms with E-state index < -0.39 is 60.2 Å². The van der Waals surface area contributed by atoms with E-state index in [4.69, 9.17) is 47.9 Å². The van der Waals surface area contributed by atoms with E-state index in [1.165, 1.54) is 36.7 Å². The second kappa shape index (κ2) is 14.7. The number of aromatic nitrogens is 3. The quantitative estimate of drug-likeness (QED) is 0.169. The van der Waals surface area contributed by atoms with Gasteiger partial charge >= 0.3 is 17.9 Å². The maximum absolute atomic E-state index is 14.0. The van der Waals surface area contributed by atoms with Crippen molar-refractivity contribution in [2.24, 2.45) is 0 Å². The fourth-order valence-electron chi connectivity index (χ4n) is 4.67. The van der Waals surface area contributed by atoms with Gasteiger partial charge in [0.25, 0.3) is 0 Å². The summed E-state index contributed by atoms with van der Waals surface area (Å²) in [4.78, 5) is 48.3. The Hall–Kier alpha value is -3.36. The maximum atomic E-state index is 14.0. The van der Waals surface area contributed by atoms with Crippen molar-refractivity contribution >= 4 is 47.6 Å². The number of halogens is 2. The smallest absolute Gasteiger partial charge is 0.303 e. The van der Waals surface area contributed by atoms with E-state index >= 15 is 0 Å². The Morgan fingerprint density at radius 2 is 1.74 bits per heavy atom. The van der Waals surface area contributed by atoms with Crippen molar-refractivity contribution in [2.75, 3.05) is 6.61 Å². The van der Waals surface area contributed by atoms with Crippen LogP contribution in [0.25, 0.3) is 11.4 Å². The highest BCUT2D eigenvalue weighted by Crippen LogP contribution is 2.34. The third kappa shape index (κ3) is 8.13. The van der Waals surface area contributed by atoms with E-state index in [0.717, 1.165) is 33.1 Å². The number of rotatable bonds is 11. The standard InChI is InChI=1S/C27H34ClFN4O8S/c1-6-7-8-11-32-25(18-9-10-20(29)19(28)12-18)31-33(27(32)42)26-22(30-14(2)34)24(40-17(5)37)23(39-16(4)36)21(41-26)13-38-15(3)35/h9-10,12,21-24,26H,6-8,11,13H2,1-5H3,(H,30,34)/t21-,22-,23-,24-,26-/m1/s1. The van der Waals surface area contributed by atoms with E-state index in [1.807, 2.05) is 0 Å². The molecular weight excluding hydrogens is 595 g/mol. The third-order valence-electron chi connectivity index (χ3n) is 6.38. The van der Waals surface area contributed by atoms with Gasteiger partial charge in [0, 0.05) is 39.8 Å². The molecule has 12 nitrogen and oxygen atoms in total. The van der Waals surface area contributed by atoms with Crippen LogP contribution in [0.1, 0.15) is 60.1 Å². The molecule has 230 valence electrons. The minimum Gasteiger partial charge on any atom is -0.463 e. The maximum Gasteiger partial charge on any atom is 0.303 e. The largest absolute Gasteiger partial charge is 0.463 e. The van der Waals surface area contributed by atoms with Crippen molar-refractivity contribution in [1.29, 1.82) is 0 Å². The lowest BCUT2D eigenvalue weighted by atomic mass is 9.95. The molecule has 15 heteroatoms. The summed E-state index contributed by atoms with van der Waals surface area (Å²) in [5, 5.41) is 7.30. The lowest BCUT2D eigenvalue weighted by Crippen LogP contribution is -2.64. The lowest BCUT2D eigenvalue weighted by Gasteiger charge is -2.45. The Bertz CT molecular complexity index is 1380. The van der Waals surface area contributed by atoms with Crippen LogP contribution in [-0.2, 0) is 44.7 Å². The van der Waals surface area contributed by atoms with Crippen molar-refractivity contribution in [3.63, 3.8) is 0 Å². The molecule has 1 aliphatic heterocycles. The second-order valence-electron chi connectivity index (χ2n) is 9.78. The molecule has 3 rings (SSSR count). The summed E-state index contributed by atoms with van der Waals surface area (Å²) in [6.07, 6.45) is -2.34. The molecule has 1 amide bonds. The number of hydrogen-bond donors (Lipinski definition) is 1. The van der Waals surface area contributed by atoms with Crippen LogP contribution in [0.4, 0.5) is 4.39 Å². The molecule has 1 aliphatic rings. The monoisotopic (exact) mass is 628 g/mol. The van der Waals surface area contributed by atoms with Gasteiger partial charge in [0.05, 0.1) is 5.02 Å². The summed E-state index contributed by atoms with van der Waals surface area (Å²) in [5.41, 5.74) is 0.473. The highest BCUT2D eigenvalue weighted by atomic mass is 35.5. The summed E-state index contributed by atoms with van der Waals surface area (Å²) >= 11 is 11.9. The number of esters is 3. The average molecular weight is 629 g/mol. The van der Waals surface area contributed by atoms with E-state index in [0.29, 0.717) is 17.9 Å². The van der Waals surface area contributed by atoms with E-state index in [2.05, 4.69) is 12.2 Å². The van der Waals surface area contributed by atoms with Crippen LogP contribution in [0, 0.1) is 10.6 Å². The first-order valence-corrected chi connectivity index (χ1v) is 14.2. The molecule has 1 aromatic carbocycles. The summed E-state index contributed by atoms with van der Waals surface area (Å²) in [7, 11) is 0. The molecule has 2 heterocycles. The van der Waals surface area contributed by atoms with Crippen molar-refractivity contribution in [1.82, 2.24) is 19.7 Å². The Balaban J connectivity index is 2.22. The Kier molecular flexibility index (Phi) is 11.6. The van der Waals surface area contributed by atoms with E-state index in [1.54, 1.807) is 4.57 Å². The van der Waals surface area contributed by atoms with Crippen LogP contribution >= 0.6 is 23.8 Å². The molecule has 0 saturated carbocycles. The number of carbonyl (C=O) groups excluding carboxylic acids is 4. The highest BCUT2D eigenvalue weighted by Gasteiger charge is 2.52. The highest BCUT2D eigenvalue weighted by molar-refractivity contribution is 7.71. The van der Waals surface area contributed by atoms with Gasteiger partial charge in [0.2, 0.25) is 10.7 Å². The molecule has 5 atom stereocenters. The van der Waals surface area contributed by atoms with Gasteiger partial charge in [-0.15, -0.1) is 5.10 Å². The number of hydrogen-bond acceptors (Lipinski definition) is 10. The normalized spacial score (nSPS) is 21.8. The summed E-state index contributed by atoms with van der Waals surface area (Å²) in [5.74, 6) is -2.84. The first-order valence-electron chi connectivity index (χ1n) is 13.4. The fourth-order valence-corrected chi connectivity index (χ4v) is 5.17. The molecule has 1 fully saturated rings. The zero-order chi connectivity index (χ0) is 31.1. The van der Waals surface area contributed by atoms with Crippen LogP contribution in [0.5, 0.6) is 0 Å². The second-order valence-corrected chi connectivity index (χ2v) is 10.6. The average Bonchev–Trinajstić information content (AvgIpc) is 3.22. The number of nitrogens with zero attached hydrogens (tertiary/aromatic N) is 3. The number of benzene rings is 1. The number of nitrogens with one attached hydrogen (secondary N) is 1. The Morgan fingerprint density at radius 3 is 2.31 bits per heavy atom. The Morgan fingerprint density at radius 1 is 1.07 bits per heavy atom. The van der Waals surface area contributed by atoms with Gasteiger partial charge in [-0.1, -0.05) is 31.4 Å². The van der Waals surface area contributed by atoms with Gasteiger partial charge in [0.15, 0.2) is 24.3 Å². The minimum absolute atomic E-state index is 0.112. The summed E-state index contributed by atoms with van der Waals surface area (Å²) in [6.45, 7) is 6.89. The molecule has 42 heavy (non-hydrogen) atoms. The zero-order valence-electron chi connectivity index (χ0n) is 23.9.